The number of halogens is 1. The number of rotatable bonds is 11. The van der Waals surface area contributed by atoms with Crippen LogP contribution in [0.5, 0.6) is 0 Å². The summed E-state index contributed by atoms with van der Waals surface area (Å²) in [5.41, 5.74) is 0.973. The lowest BCUT2D eigenvalue weighted by Crippen LogP contribution is -2.32. The standard InChI is InChI=1S/C21H28ClNO4/c22-17-7-5-6-16(14-17)15-19(24)11-9-18-10-12-20(25)23(18)13-4-2-1-3-8-21(26)27/h5-7,9,11,14,18-19,24H,1-4,8,10,12-13,15H2,(H,26,27)/t18-,19+/m0/s1. The molecule has 1 heterocycles. The van der Waals surface area contributed by atoms with Crippen LogP contribution in [-0.2, 0) is 16.0 Å². The van der Waals surface area contributed by atoms with E-state index >= 15 is 0 Å². The lowest BCUT2D eigenvalue weighted by molar-refractivity contribution is -0.137. The number of aliphatic carboxylic acids is 1. The Morgan fingerprint density at radius 2 is 2.07 bits per heavy atom. The van der Waals surface area contributed by atoms with Crippen molar-refractivity contribution >= 4 is 23.5 Å². The third-order valence-corrected chi connectivity index (χ3v) is 5.04. The summed E-state index contributed by atoms with van der Waals surface area (Å²) in [5, 5.41) is 19.5. The first-order valence-electron chi connectivity index (χ1n) is 9.58. The first kappa shape index (κ1) is 21.5. The minimum absolute atomic E-state index is 0.0329. The second kappa shape index (κ2) is 11.1. The highest BCUT2D eigenvalue weighted by atomic mass is 35.5. The molecule has 0 bridgehead atoms. The van der Waals surface area contributed by atoms with Crippen LogP contribution in [0.4, 0.5) is 0 Å². The molecule has 2 N–H and O–H groups in total. The van der Waals surface area contributed by atoms with Gasteiger partial charge in [-0.25, -0.2) is 0 Å². The number of benzene rings is 1. The number of carbonyl (C=O) groups excluding carboxylic acids is 1. The fourth-order valence-electron chi connectivity index (χ4n) is 3.39. The van der Waals surface area contributed by atoms with Gasteiger partial charge in [0.05, 0.1) is 12.1 Å². The van der Waals surface area contributed by atoms with Crippen LogP contribution in [-0.4, -0.2) is 45.7 Å². The molecule has 1 saturated heterocycles. The molecule has 0 unspecified atom stereocenters. The molecule has 1 fully saturated rings. The van der Waals surface area contributed by atoms with Crippen molar-refractivity contribution in [3.8, 4) is 0 Å². The van der Waals surface area contributed by atoms with E-state index in [0.29, 0.717) is 30.8 Å². The number of aliphatic hydroxyl groups is 1. The average Bonchev–Trinajstić information content (AvgIpc) is 2.96. The number of amides is 1. The van der Waals surface area contributed by atoms with Gasteiger partial charge in [0.15, 0.2) is 0 Å². The third-order valence-electron chi connectivity index (χ3n) is 4.80. The minimum Gasteiger partial charge on any atom is -0.481 e. The van der Waals surface area contributed by atoms with Gasteiger partial charge < -0.3 is 15.1 Å². The van der Waals surface area contributed by atoms with E-state index in [1.165, 1.54) is 0 Å². The zero-order chi connectivity index (χ0) is 19.6. The largest absolute Gasteiger partial charge is 0.481 e. The van der Waals surface area contributed by atoms with E-state index in [1.54, 1.807) is 12.1 Å². The molecule has 5 nitrogen and oxygen atoms in total. The van der Waals surface area contributed by atoms with Crippen molar-refractivity contribution < 1.29 is 19.8 Å². The Morgan fingerprint density at radius 1 is 1.30 bits per heavy atom. The van der Waals surface area contributed by atoms with Crippen molar-refractivity contribution in [2.45, 2.75) is 63.5 Å². The minimum atomic E-state index is -0.758. The van der Waals surface area contributed by atoms with Crippen molar-refractivity contribution in [1.82, 2.24) is 4.90 Å². The maximum Gasteiger partial charge on any atom is 0.303 e. The van der Waals surface area contributed by atoms with Crippen molar-refractivity contribution in [3.05, 3.63) is 47.0 Å². The van der Waals surface area contributed by atoms with Crippen LogP contribution >= 0.6 is 11.6 Å². The van der Waals surface area contributed by atoms with Gasteiger partial charge in [-0.1, -0.05) is 48.7 Å². The van der Waals surface area contributed by atoms with Crippen LogP contribution in [0, 0.1) is 0 Å². The number of nitrogens with zero attached hydrogens (tertiary/aromatic N) is 1. The summed E-state index contributed by atoms with van der Waals surface area (Å²) in [4.78, 5) is 24.5. The summed E-state index contributed by atoms with van der Waals surface area (Å²) in [6, 6.07) is 7.47. The zero-order valence-corrected chi connectivity index (χ0v) is 16.3. The van der Waals surface area contributed by atoms with Gasteiger partial charge >= 0.3 is 5.97 Å². The summed E-state index contributed by atoms with van der Waals surface area (Å²) in [5.74, 6) is -0.606. The summed E-state index contributed by atoms with van der Waals surface area (Å²) >= 11 is 5.97. The normalized spacial score (nSPS) is 18.4. The molecule has 1 aliphatic rings. The van der Waals surface area contributed by atoms with Crippen LogP contribution in [0.25, 0.3) is 0 Å². The van der Waals surface area contributed by atoms with E-state index in [-0.39, 0.29) is 18.4 Å². The van der Waals surface area contributed by atoms with E-state index in [0.717, 1.165) is 31.2 Å². The fourth-order valence-corrected chi connectivity index (χ4v) is 3.60. The smallest absolute Gasteiger partial charge is 0.303 e. The Balaban J connectivity index is 1.77. The molecule has 1 aliphatic heterocycles. The first-order chi connectivity index (χ1) is 13.0. The van der Waals surface area contributed by atoms with E-state index in [1.807, 2.05) is 29.2 Å². The number of carboxylic acids is 1. The van der Waals surface area contributed by atoms with E-state index in [4.69, 9.17) is 16.7 Å². The Bertz CT molecular complexity index is 661. The number of likely N-dealkylation sites (tertiary alicyclic amines) is 1. The first-order valence-corrected chi connectivity index (χ1v) is 9.95. The number of hydrogen-bond donors (Lipinski definition) is 2. The molecular formula is C21H28ClNO4. The van der Waals surface area contributed by atoms with Crippen molar-refractivity contribution in [1.29, 1.82) is 0 Å². The maximum absolute atomic E-state index is 12.1. The Kier molecular flexibility index (Phi) is 8.82. The molecule has 0 saturated carbocycles. The van der Waals surface area contributed by atoms with Crippen LogP contribution in [0.1, 0.15) is 50.5 Å². The highest BCUT2D eigenvalue weighted by Crippen LogP contribution is 2.21. The summed E-state index contributed by atoms with van der Waals surface area (Å²) in [6.07, 6.45) is 8.45. The van der Waals surface area contributed by atoms with Gasteiger partial charge in [0, 0.05) is 30.8 Å². The Labute approximate surface area is 165 Å². The second-order valence-corrected chi connectivity index (χ2v) is 7.47. The Hall–Kier alpha value is -1.85. The fraction of sp³-hybridized carbons (Fsp3) is 0.524. The molecule has 0 aromatic heterocycles. The highest BCUT2D eigenvalue weighted by Gasteiger charge is 2.28. The molecule has 2 atom stereocenters. The molecule has 1 amide bonds. The molecular weight excluding hydrogens is 366 g/mol. The van der Waals surface area contributed by atoms with Gasteiger partial charge in [-0.15, -0.1) is 0 Å². The molecule has 1 aromatic carbocycles. The van der Waals surface area contributed by atoms with Gasteiger partial charge in [-0.05, 0) is 37.0 Å². The van der Waals surface area contributed by atoms with E-state index in [2.05, 4.69) is 0 Å². The van der Waals surface area contributed by atoms with E-state index in [9.17, 15) is 14.7 Å². The molecule has 2 rings (SSSR count). The van der Waals surface area contributed by atoms with Gasteiger partial charge in [0.25, 0.3) is 0 Å². The quantitative estimate of drug-likeness (QED) is 0.442. The van der Waals surface area contributed by atoms with Crippen LogP contribution < -0.4 is 0 Å². The predicted molar refractivity (Wildman–Crippen MR) is 106 cm³/mol. The van der Waals surface area contributed by atoms with Crippen molar-refractivity contribution in [2.75, 3.05) is 6.54 Å². The lowest BCUT2D eigenvalue weighted by atomic mass is 10.1. The SMILES string of the molecule is O=C(O)CCCCCCN1C(=O)CC[C@@H]1C=C[C@@H](O)Cc1cccc(Cl)c1. The van der Waals surface area contributed by atoms with Gasteiger partial charge in [0.1, 0.15) is 0 Å². The number of carbonyl (C=O) groups is 2. The van der Waals surface area contributed by atoms with Crippen molar-refractivity contribution in [2.24, 2.45) is 0 Å². The second-order valence-electron chi connectivity index (χ2n) is 7.04. The maximum atomic E-state index is 12.1. The number of unbranched alkanes of at least 4 members (excludes halogenated alkanes) is 3. The molecule has 0 spiro atoms. The Morgan fingerprint density at radius 3 is 2.81 bits per heavy atom. The van der Waals surface area contributed by atoms with Crippen LogP contribution in [0.2, 0.25) is 5.02 Å². The van der Waals surface area contributed by atoms with Crippen LogP contribution in [0.15, 0.2) is 36.4 Å². The summed E-state index contributed by atoms with van der Waals surface area (Å²) in [6.45, 7) is 0.686. The molecule has 27 heavy (non-hydrogen) atoms. The zero-order valence-electron chi connectivity index (χ0n) is 15.5. The molecule has 0 aliphatic carbocycles. The van der Waals surface area contributed by atoms with E-state index < -0.39 is 12.1 Å². The molecule has 148 valence electrons. The van der Waals surface area contributed by atoms with Gasteiger partial charge in [-0.2, -0.15) is 0 Å². The number of hydrogen-bond acceptors (Lipinski definition) is 3. The summed E-state index contributed by atoms with van der Waals surface area (Å²) < 4.78 is 0. The van der Waals surface area contributed by atoms with Crippen LogP contribution in [0.3, 0.4) is 0 Å². The average molecular weight is 394 g/mol. The topological polar surface area (TPSA) is 77.8 Å². The summed E-state index contributed by atoms with van der Waals surface area (Å²) in [7, 11) is 0. The number of carboxylic acid groups (broad SMARTS) is 1. The third kappa shape index (κ3) is 7.73. The molecule has 6 heteroatoms. The van der Waals surface area contributed by atoms with Crippen molar-refractivity contribution in [3.63, 3.8) is 0 Å². The monoisotopic (exact) mass is 393 g/mol. The highest BCUT2D eigenvalue weighted by molar-refractivity contribution is 6.30. The number of aliphatic hydroxyl groups excluding tert-OH is 1. The molecule has 0 radical (unpaired) electrons. The molecule has 1 aromatic rings. The van der Waals surface area contributed by atoms with Gasteiger partial charge in [-0.3, -0.25) is 9.59 Å². The predicted octanol–water partition coefficient (Wildman–Crippen LogP) is 3.83. The van der Waals surface area contributed by atoms with Gasteiger partial charge in [0.2, 0.25) is 5.91 Å². The lowest BCUT2D eigenvalue weighted by Gasteiger charge is -2.22.